The highest BCUT2D eigenvalue weighted by molar-refractivity contribution is 5.63. The number of hydrogen-bond acceptors (Lipinski definition) is 5. The summed E-state index contributed by atoms with van der Waals surface area (Å²) in [4.78, 5) is 10.4. The second-order valence-corrected chi connectivity index (χ2v) is 7.92. The number of nitrogens with two attached hydrogens (primary N) is 1. The molecule has 2 aliphatic rings. The maximum absolute atomic E-state index is 13.2. The first-order valence-electron chi connectivity index (χ1n) is 9.35. The van der Waals surface area contributed by atoms with E-state index in [1.54, 1.807) is 6.20 Å². The third kappa shape index (κ3) is 2.89. The van der Waals surface area contributed by atoms with Crippen LogP contribution < -0.4 is 5.73 Å². The van der Waals surface area contributed by atoms with Crippen molar-refractivity contribution in [2.75, 3.05) is 18.8 Å². The van der Waals surface area contributed by atoms with E-state index in [1.165, 1.54) is 6.20 Å². The highest BCUT2D eigenvalue weighted by atomic mass is 19.4. The maximum atomic E-state index is 13.2. The molecule has 2 N–H and O–H groups in total. The number of imidazole rings is 1. The fourth-order valence-corrected chi connectivity index (χ4v) is 4.44. The molecule has 0 saturated carbocycles. The number of nitrogen functional groups attached to an aromatic ring is 1. The number of fused-ring (bicyclic) bond motifs is 2. The van der Waals surface area contributed by atoms with E-state index in [0.717, 1.165) is 50.2 Å². The average molecular weight is 403 g/mol. The van der Waals surface area contributed by atoms with Crippen molar-refractivity contribution in [2.45, 2.75) is 31.1 Å². The summed E-state index contributed by atoms with van der Waals surface area (Å²) in [5, 5.41) is 4.54. The predicted octanol–water partition coefficient (Wildman–Crippen LogP) is 2.44. The summed E-state index contributed by atoms with van der Waals surface area (Å²) in [6.45, 7) is 3.32. The van der Waals surface area contributed by atoms with E-state index >= 15 is 0 Å². The van der Waals surface area contributed by atoms with Gasteiger partial charge in [0.15, 0.2) is 0 Å². The Bertz CT molecular complexity index is 1080. The molecule has 5 heterocycles. The van der Waals surface area contributed by atoms with Gasteiger partial charge in [-0.1, -0.05) is 0 Å². The zero-order chi connectivity index (χ0) is 20.4. The summed E-state index contributed by atoms with van der Waals surface area (Å²) in [6.07, 6.45) is 1.51. The van der Waals surface area contributed by atoms with Crippen molar-refractivity contribution in [1.82, 2.24) is 29.2 Å². The molecule has 0 aliphatic carbocycles. The quantitative estimate of drug-likeness (QED) is 0.727. The van der Waals surface area contributed by atoms with Crippen LogP contribution in [-0.2, 0) is 31.7 Å². The Balaban J connectivity index is 1.38. The van der Waals surface area contributed by atoms with Gasteiger partial charge in [0.1, 0.15) is 11.6 Å². The zero-order valence-electron chi connectivity index (χ0n) is 15.8. The number of rotatable bonds is 3. The fraction of sp³-hybridized carbons (Fsp3) is 0.421. The number of pyridine rings is 1. The first kappa shape index (κ1) is 18.2. The second kappa shape index (κ2) is 6.06. The van der Waals surface area contributed by atoms with Crippen LogP contribution in [0.1, 0.15) is 23.5 Å². The Morgan fingerprint density at radius 2 is 2.00 bits per heavy atom. The molecule has 0 amide bonds. The number of likely N-dealkylation sites (tertiary alicyclic amines) is 1. The molecule has 1 fully saturated rings. The predicted molar refractivity (Wildman–Crippen MR) is 99.7 cm³/mol. The SMILES string of the molecule is Cn1ccnc1CN1CC2(CCn3nc(-c4cnc(N)c(C(F)(F)F)c4)cc32)C1. The Hall–Kier alpha value is -2.88. The van der Waals surface area contributed by atoms with E-state index in [4.69, 9.17) is 5.73 Å². The van der Waals surface area contributed by atoms with Crippen molar-refractivity contribution in [3.8, 4) is 11.3 Å². The summed E-state index contributed by atoms with van der Waals surface area (Å²) in [6, 6.07) is 2.93. The van der Waals surface area contributed by atoms with Crippen molar-refractivity contribution >= 4 is 5.82 Å². The molecule has 0 bridgehead atoms. The van der Waals surface area contributed by atoms with Crippen LogP contribution in [0.2, 0.25) is 0 Å². The summed E-state index contributed by atoms with van der Waals surface area (Å²) < 4.78 is 43.4. The van der Waals surface area contributed by atoms with Gasteiger partial charge in [-0.2, -0.15) is 18.3 Å². The lowest BCUT2D eigenvalue weighted by Gasteiger charge is -2.47. The molecule has 3 aromatic heterocycles. The molecular weight excluding hydrogens is 383 g/mol. The van der Waals surface area contributed by atoms with Crippen molar-refractivity contribution < 1.29 is 13.2 Å². The monoisotopic (exact) mass is 403 g/mol. The van der Waals surface area contributed by atoms with Crippen molar-refractivity contribution in [3.05, 3.63) is 47.8 Å². The molecule has 2 aliphatic heterocycles. The minimum absolute atomic E-state index is 0.00447. The Morgan fingerprint density at radius 1 is 1.21 bits per heavy atom. The smallest absolute Gasteiger partial charge is 0.383 e. The lowest BCUT2D eigenvalue weighted by Crippen LogP contribution is -2.57. The van der Waals surface area contributed by atoms with Gasteiger partial charge in [0.2, 0.25) is 0 Å². The first-order valence-corrected chi connectivity index (χ1v) is 9.35. The standard InChI is InChI=1S/C19H20F3N7/c1-27-5-3-24-16(27)9-28-10-18(11-28)2-4-29-15(18)7-14(26-29)12-6-13(19(20,21)22)17(23)25-8-12/h3,5-8H,2,4,9-11H2,1H3,(H2,23,25). The van der Waals surface area contributed by atoms with Gasteiger partial charge < -0.3 is 10.3 Å². The van der Waals surface area contributed by atoms with Crippen LogP contribution in [0.3, 0.4) is 0 Å². The van der Waals surface area contributed by atoms with Gasteiger partial charge in [-0.25, -0.2) is 9.97 Å². The molecule has 0 atom stereocenters. The minimum Gasteiger partial charge on any atom is -0.383 e. The molecule has 10 heteroatoms. The Morgan fingerprint density at radius 3 is 2.69 bits per heavy atom. The Kier molecular flexibility index (Phi) is 3.79. The third-order valence-corrected chi connectivity index (χ3v) is 5.98. The van der Waals surface area contributed by atoms with E-state index in [2.05, 4.69) is 20.0 Å². The maximum Gasteiger partial charge on any atom is 0.419 e. The van der Waals surface area contributed by atoms with Crippen LogP contribution in [0, 0.1) is 0 Å². The average Bonchev–Trinajstić information content (AvgIpc) is 3.30. The highest BCUT2D eigenvalue weighted by Gasteiger charge is 2.49. The van der Waals surface area contributed by atoms with E-state index in [-0.39, 0.29) is 5.41 Å². The molecule has 7 nitrogen and oxygen atoms in total. The van der Waals surface area contributed by atoms with Gasteiger partial charge in [-0.3, -0.25) is 9.58 Å². The third-order valence-electron chi connectivity index (χ3n) is 5.98. The Labute approximate surface area is 165 Å². The molecule has 152 valence electrons. The molecule has 5 rings (SSSR count). The largest absolute Gasteiger partial charge is 0.419 e. The van der Waals surface area contributed by atoms with Gasteiger partial charge in [0, 0.05) is 61.9 Å². The molecule has 1 saturated heterocycles. The number of alkyl halides is 3. The van der Waals surface area contributed by atoms with Crippen LogP contribution >= 0.6 is 0 Å². The van der Waals surface area contributed by atoms with Gasteiger partial charge in [0.05, 0.1) is 17.8 Å². The van der Waals surface area contributed by atoms with Gasteiger partial charge in [0.25, 0.3) is 0 Å². The van der Waals surface area contributed by atoms with Crippen molar-refractivity contribution in [2.24, 2.45) is 7.05 Å². The van der Waals surface area contributed by atoms with Crippen LogP contribution in [0.25, 0.3) is 11.3 Å². The van der Waals surface area contributed by atoms with Crippen molar-refractivity contribution in [1.29, 1.82) is 0 Å². The minimum atomic E-state index is -4.55. The number of hydrogen-bond donors (Lipinski definition) is 1. The molecule has 0 unspecified atom stereocenters. The lowest BCUT2D eigenvalue weighted by atomic mass is 9.76. The fourth-order valence-electron chi connectivity index (χ4n) is 4.44. The number of aromatic nitrogens is 5. The summed E-state index contributed by atoms with van der Waals surface area (Å²) in [5.41, 5.74) is 6.39. The van der Waals surface area contributed by atoms with E-state index in [0.29, 0.717) is 11.3 Å². The van der Waals surface area contributed by atoms with Crippen molar-refractivity contribution in [3.63, 3.8) is 0 Å². The second-order valence-electron chi connectivity index (χ2n) is 7.92. The van der Waals surface area contributed by atoms with Crippen LogP contribution in [0.5, 0.6) is 0 Å². The summed E-state index contributed by atoms with van der Waals surface area (Å²) in [7, 11) is 1.98. The molecule has 0 radical (unpaired) electrons. The van der Waals surface area contributed by atoms with E-state index in [1.807, 2.05) is 28.6 Å². The molecular formula is C19H20F3N7. The van der Waals surface area contributed by atoms with Gasteiger partial charge in [-0.15, -0.1) is 0 Å². The van der Waals surface area contributed by atoms with Crippen LogP contribution in [0.15, 0.2) is 30.7 Å². The highest BCUT2D eigenvalue weighted by Crippen LogP contribution is 2.44. The first-order chi connectivity index (χ1) is 13.7. The van der Waals surface area contributed by atoms with E-state index in [9.17, 15) is 13.2 Å². The topological polar surface area (TPSA) is 77.8 Å². The van der Waals surface area contributed by atoms with E-state index < -0.39 is 17.6 Å². The number of aryl methyl sites for hydroxylation is 2. The molecule has 29 heavy (non-hydrogen) atoms. The number of nitrogens with zero attached hydrogens (tertiary/aromatic N) is 6. The molecule has 1 spiro atoms. The summed E-state index contributed by atoms with van der Waals surface area (Å²) >= 11 is 0. The summed E-state index contributed by atoms with van der Waals surface area (Å²) in [5.74, 6) is 0.494. The normalized spacial score (nSPS) is 18.2. The number of anilines is 1. The zero-order valence-corrected chi connectivity index (χ0v) is 15.8. The lowest BCUT2D eigenvalue weighted by molar-refractivity contribution is -0.137. The van der Waals surface area contributed by atoms with Crippen LogP contribution in [-0.4, -0.2) is 42.3 Å². The molecule has 3 aromatic rings. The molecule has 0 aromatic carbocycles. The van der Waals surface area contributed by atoms with Gasteiger partial charge in [-0.05, 0) is 18.6 Å². The number of halogens is 3. The van der Waals surface area contributed by atoms with Gasteiger partial charge >= 0.3 is 6.18 Å². The van der Waals surface area contributed by atoms with Crippen LogP contribution in [0.4, 0.5) is 19.0 Å².